The van der Waals surface area contributed by atoms with E-state index >= 15 is 0 Å². The second-order valence-corrected chi connectivity index (χ2v) is 7.19. The minimum Gasteiger partial charge on any atom is -0.392 e. The molecule has 1 aromatic rings. The molecular formula is C8H11BrN2O2S3. The molecule has 16 heavy (non-hydrogen) atoms. The van der Waals surface area contributed by atoms with Crippen molar-refractivity contribution >= 4 is 54.5 Å². The molecule has 1 unspecified atom stereocenters. The Kier molecular flexibility index (Phi) is 4.87. The van der Waals surface area contributed by atoms with Gasteiger partial charge in [-0.3, -0.25) is 0 Å². The smallest absolute Gasteiger partial charge is 0.251 e. The van der Waals surface area contributed by atoms with Crippen molar-refractivity contribution in [2.45, 2.75) is 23.6 Å². The van der Waals surface area contributed by atoms with Crippen molar-refractivity contribution in [3.8, 4) is 0 Å². The average molecular weight is 343 g/mol. The summed E-state index contributed by atoms with van der Waals surface area (Å²) >= 11 is 9.11. The number of hydrogen-bond acceptors (Lipinski definition) is 4. The maximum absolute atomic E-state index is 11.9. The fourth-order valence-corrected chi connectivity index (χ4v) is 5.01. The largest absolute Gasteiger partial charge is 0.392 e. The summed E-state index contributed by atoms with van der Waals surface area (Å²) in [6.07, 6.45) is 0.525. The first-order valence-electron chi connectivity index (χ1n) is 4.43. The van der Waals surface area contributed by atoms with Crippen LogP contribution in [0.2, 0.25) is 0 Å². The second-order valence-electron chi connectivity index (χ2n) is 3.04. The van der Waals surface area contributed by atoms with Crippen LogP contribution in [-0.2, 0) is 10.0 Å². The first kappa shape index (κ1) is 14.0. The van der Waals surface area contributed by atoms with E-state index in [-0.39, 0.29) is 9.20 Å². The first-order chi connectivity index (χ1) is 7.38. The molecule has 0 aromatic carbocycles. The van der Waals surface area contributed by atoms with Crippen molar-refractivity contribution < 1.29 is 8.42 Å². The Morgan fingerprint density at radius 3 is 2.75 bits per heavy atom. The zero-order valence-corrected chi connectivity index (χ0v) is 12.5. The van der Waals surface area contributed by atoms with E-state index in [0.717, 1.165) is 11.3 Å². The summed E-state index contributed by atoms with van der Waals surface area (Å²) in [5.74, 6) is 0. The number of hydrogen-bond donors (Lipinski definition) is 2. The molecule has 0 saturated heterocycles. The molecule has 90 valence electrons. The Hall–Kier alpha value is -0.0200. The van der Waals surface area contributed by atoms with Crippen LogP contribution in [0.1, 0.15) is 13.3 Å². The van der Waals surface area contributed by atoms with Crippen LogP contribution in [-0.4, -0.2) is 19.4 Å². The summed E-state index contributed by atoms with van der Waals surface area (Å²) < 4.78 is 27.1. The quantitative estimate of drug-likeness (QED) is 0.801. The topological polar surface area (TPSA) is 72.2 Å². The van der Waals surface area contributed by atoms with Crippen LogP contribution in [0, 0.1) is 0 Å². The van der Waals surface area contributed by atoms with E-state index in [2.05, 4.69) is 20.7 Å². The van der Waals surface area contributed by atoms with Gasteiger partial charge in [-0.05, 0) is 33.8 Å². The van der Waals surface area contributed by atoms with E-state index in [4.69, 9.17) is 18.0 Å². The monoisotopic (exact) mass is 342 g/mol. The highest BCUT2D eigenvalue weighted by Crippen LogP contribution is 2.27. The van der Waals surface area contributed by atoms with Gasteiger partial charge in [-0.2, -0.15) is 0 Å². The molecule has 0 amide bonds. The molecule has 0 radical (unpaired) electrons. The van der Waals surface area contributed by atoms with Crippen LogP contribution in [0.5, 0.6) is 0 Å². The molecule has 1 aromatic heterocycles. The lowest BCUT2D eigenvalue weighted by atomic mass is 10.2. The fourth-order valence-electron chi connectivity index (χ4n) is 1.05. The minimum atomic E-state index is -3.55. The van der Waals surface area contributed by atoms with Crippen molar-refractivity contribution in [3.63, 3.8) is 0 Å². The van der Waals surface area contributed by atoms with Crippen molar-refractivity contribution in [2.75, 3.05) is 0 Å². The van der Waals surface area contributed by atoms with Gasteiger partial charge >= 0.3 is 0 Å². The van der Waals surface area contributed by atoms with Gasteiger partial charge in [0.05, 0.1) is 11.0 Å². The minimum absolute atomic E-state index is 0.152. The summed E-state index contributed by atoms with van der Waals surface area (Å²) in [6.45, 7) is 1.82. The molecule has 0 fully saturated rings. The standard InChI is InChI=1S/C8H11BrN2O2S3/c1-2-6(7(10)14)11-16(12,13)8-5(9)3-4-15-8/h3-4,6,11H,2H2,1H3,(H2,10,14). The molecule has 4 nitrogen and oxygen atoms in total. The Labute approximate surface area is 112 Å². The van der Waals surface area contributed by atoms with E-state index in [0.29, 0.717) is 10.9 Å². The molecule has 0 bridgehead atoms. The van der Waals surface area contributed by atoms with Gasteiger partial charge in [0, 0.05) is 4.47 Å². The zero-order valence-electron chi connectivity index (χ0n) is 8.44. The lowest BCUT2D eigenvalue weighted by Gasteiger charge is -2.14. The first-order valence-corrected chi connectivity index (χ1v) is 7.99. The normalized spacial score (nSPS) is 13.6. The molecule has 1 heterocycles. The summed E-state index contributed by atoms with van der Waals surface area (Å²) in [6, 6.07) is 1.18. The van der Waals surface area contributed by atoms with Crippen LogP contribution in [0.25, 0.3) is 0 Å². The predicted molar refractivity (Wildman–Crippen MR) is 73.2 cm³/mol. The average Bonchev–Trinajstić information content (AvgIpc) is 2.61. The third-order valence-electron chi connectivity index (χ3n) is 1.88. The van der Waals surface area contributed by atoms with Crippen molar-refractivity contribution in [1.82, 2.24) is 4.72 Å². The predicted octanol–water partition coefficient (Wildman–Crippen LogP) is 1.85. The molecule has 1 atom stereocenters. The van der Waals surface area contributed by atoms with Gasteiger partial charge in [-0.15, -0.1) is 11.3 Å². The number of sulfonamides is 1. The van der Waals surface area contributed by atoms with Crippen LogP contribution in [0.3, 0.4) is 0 Å². The van der Waals surface area contributed by atoms with Gasteiger partial charge in [0.25, 0.3) is 10.0 Å². The van der Waals surface area contributed by atoms with Crippen LogP contribution in [0.15, 0.2) is 20.1 Å². The highest BCUT2D eigenvalue weighted by molar-refractivity contribution is 9.10. The second kappa shape index (κ2) is 5.54. The Morgan fingerprint density at radius 2 is 2.38 bits per heavy atom. The summed E-state index contributed by atoms with van der Waals surface area (Å²) in [5.41, 5.74) is 5.44. The number of rotatable bonds is 5. The third-order valence-corrected chi connectivity index (χ3v) is 6.30. The Morgan fingerprint density at radius 1 is 1.75 bits per heavy atom. The van der Waals surface area contributed by atoms with Crippen molar-refractivity contribution in [1.29, 1.82) is 0 Å². The Bertz CT molecular complexity index is 483. The summed E-state index contributed by atoms with van der Waals surface area (Å²) in [7, 11) is -3.55. The lowest BCUT2D eigenvalue weighted by molar-refractivity contribution is 0.574. The number of halogens is 1. The van der Waals surface area contributed by atoms with E-state index in [1.165, 1.54) is 0 Å². The number of thiophene rings is 1. The number of nitrogens with one attached hydrogen (secondary N) is 1. The van der Waals surface area contributed by atoms with Crippen LogP contribution >= 0.6 is 39.5 Å². The molecule has 8 heteroatoms. The van der Waals surface area contributed by atoms with Gasteiger partial charge < -0.3 is 5.73 Å². The maximum atomic E-state index is 11.9. The van der Waals surface area contributed by atoms with Gasteiger partial charge in [0.2, 0.25) is 0 Å². The molecule has 3 N–H and O–H groups in total. The van der Waals surface area contributed by atoms with E-state index in [1.807, 2.05) is 6.92 Å². The Balaban J connectivity index is 2.97. The van der Waals surface area contributed by atoms with Crippen LogP contribution < -0.4 is 10.5 Å². The number of nitrogens with two attached hydrogens (primary N) is 1. The van der Waals surface area contributed by atoms with E-state index in [9.17, 15) is 8.42 Å². The summed E-state index contributed by atoms with van der Waals surface area (Å²) in [5, 5.41) is 1.69. The molecule has 0 saturated carbocycles. The van der Waals surface area contributed by atoms with Gasteiger partial charge in [-0.1, -0.05) is 19.1 Å². The molecular weight excluding hydrogens is 332 g/mol. The van der Waals surface area contributed by atoms with Gasteiger partial charge in [0.15, 0.2) is 0 Å². The highest BCUT2D eigenvalue weighted by atomic mass is 79.9. The zero-order chi connectivity index (χ0) is 12.3. The lowest BCUT2D eigenvalue weighted by Crippen LogP contribution is -2.42. The molecule has 1 rings (SSSR count). The van der Waals surface area contributed by atoms with Gasteiger partial charge in [-0.25, -0.2) is 13.1 Å². The van der Waals surface area contributed by atoms with Gasteiger partial charge in [0.1, 0.15) is 4.21 Å². The van der Waals surface area contributed by atoms with Crippen molar-refractivity contribution in [3.05, 3.63) is 15.9 Å². The van der Waals surface area contributed by atoms with Crippen LogP contribution in [0.4, 0.5) is 0 Å². The van der Waals surface area contributed by atoms with E-state index < -0.39 is 16.1 Å². The molecule has 0 aliphatic heterocycles. The molecule has 0 aliphatic carbocycles. The summed E-state index contributed by atoms with van der Waals surface area (Å²) in [4.78, 5) is 0.152. The number of thiocarbonyl (C=S) groups is 1. The molecule has 0 aliphatic rings. The van der Waals surface area contributed by atoms with Crippen molar-refractivity contribution in [2.24, 2.45) is 5.73 Å². The molecule has 0 spiro atoms. The fraction of sp³-hybridized carbons (Fsp3) is 0.375. The van der Waals surface area contributed by atoms with E-state index in [1.54, 1.807) is 11.4 Å². The maximum Gasteiger partial charge on any atom is 0.251 e. The SMILES string of the molecule is CCC(NS(=O)(=O)c1sccc1Br)C(N)=S. The third kappa shape index (κ3) is 3.24. The highest BCUT2D eigenvalue weighted by Gasteiger charge is 2.23.